The van der Waals surface area contributed by atoms with Gasteiger partial charge in [0.05, 0.1) is 12.0 Å². The molecule has 0 spiro atoms. The number of halogens is 2. The minimum Gasteiger partial charge on any atom is -0.468 e. The SMILES string of the molecule is COC(=O)C(Cl)CNC(=O)c1ccc(Cl)cc1[N+](=O)[O-]. The number of hydrogen-bond donors (Lipinski definition) is 1. The number of esters is 1. The Morgan fingerprint density at radius 2 is 2.15 bits per heavy atom. The molecule has 0 saturated heterocycles. The first-order chi connectivity index (χ1) is 9.36. The molecule has 1 N–H and O–H groups in total. The van der Waals surface area contributed by atoms with Crippen molar-refractivity contribution in [2.45, 2.75) is 5.38 Å². The fourth-order valence-corrected chi connectivity index (χ4v) is 1.67. The molecule has 108 valence electrons. The predicted octanol–water partition coefficient (Wildman–Crippen LogP) is 1.76. The Labute approximate surface area is 124 Å². The molecule has 0 aliphatic rings. The van der Waals surface area contributed by atoms with Gasteiger partial charge in [-0.1, -0.05) is 11.6 Å². The van der Waals surface area contributed by atoms with E-state index in [9.17, 15) is 19.7 Å². The third-order valence-corrected chi connectivity index (χ3v) is 2.87. The number of nitrogens with one attached hydrogen (secondary N) is 1. The van der Waals surface area contributed by atoms with Gasteiger partial charge in [0, 0.05) is 17.6 Å². The monoisotopic (exact) mass is 320 g/mol. The number of carbonyl (C=O) groups is 2. The highest BCUT2D eigenvalue weighted by Gasteiger charge is 2.22. The summed E-state index contributed by atoms with van der Waals surface area (Å²) < 4.78 is 4.38. The van der Waals surface area contributed by atoms with Gasteiger partial charge >= 0.3 is 5.97 Å². The van der Waals surface area contributed by atoms with Gasteiger partial charge in [-0.3, -0.25) is 19.7 Å². The number of nitro groups is 1. The Morgan fingerprint density at radius 3 is 2.70 bits per heavy atom. The van der Waals surface area contributed by atoms with E-state index in [1.54, 1.807) is 0 Å². The zero-order valence-electron chi connectivity index (χ0n) is 10.3. The second-order valence-corrected chi connectivity index (χ2v) is 4.58. The molecule has 0 bridgehead atoms. The van der Waals surface area contributed by atoms with Crippen molar-refractivity contribution >= 4 is 40.8 Å². The molecule has 1 atom stereocenters. The van der Waals surface area contributed by atoms with Crippen LogP contribution in [0.3, 0.4) is 0 Å². The molecule has 20 heavy (non-hydrogen) atoms. The number of nitrogens with zero attached hydrogens (tertiary/aromatic N) is 1. The topological polar surface area (TPSA) is 98.5 Å². The first kappa shape index (κ1) is 16.2. The maximum absolute atomic E-state index is 11.8. The first-order valence-corrected chi connectivity index (χ1v) is 6.12. The molecular weight excluding hydrogens is 311 g/mol. The predicted molar refractivity (Wildman–Crippen MR) is 72.1 cm³/mol. The fourth-order valence-electron chi connectivity index (χ4n) is 1.34. The van der Waals surface area contributed by atoms with E-state index < -0.39 is 27.9 Å². The van der Waals surface area contributed by atoms with E-state index in [2.05, 4.69) is 10.1 Å². The average Bonchev–Trinajstić information content (AvgIpc) is 2.43. The normalized spacial score (nSPS) is 11.6. The van der Waals surface area contributed by atoms with Crippen LogP contribution >= 0.6 is 23.2 Å². The Morgan fingerprint density at radius 1 is 1.50 bits per heavy atom. The highest BCUT2D eigenvalue weighted by Crippen LogP contribution is 2.23. The lowest BCUT2D eigenvalue weighted by Crippen LogP contribution is -2.34. The smallest absolute Gasteiger partial charge is 0.325 e. The zero-order valence-corrected chi connectivity index (χ0v) is 11.8. The Bertz CT molecular complexity index is 550. The maximum atomic E-state index is 11.8. The Balaban J connectivity index is 2.83. The summed E-state index contributed by atoms with van der Waals surface area (Å²) in [6.07, 6.45) is 0. The summed E-state index contributed by atoms with van der Waals surface area (Å²) in [5, 5.41) is 12.2. The van der Waals surface area contributed by atoms with Crippen LogP contribution in [-0.4, -0.2) is 35.8 Å². The molecule has 7 nitrogen and oxygen atoms in total. The summed E-state index contributed by atoms with van der Waals surface area (Å²) in [6.45, 7) is -0.215. The van der Waals surface area contributed by atoms with Gasteiger partial charge in [-0.25, -0.2) is 0 Å². The third kappa shape index (κ3) is 4.07. The van der Waals surface area contributed by atoms with Crippen LogP contribution in [0.5, 0.6) is 0 Å². The summed E-state index contributed by atoms with van der Waals surface area (Å²) in [4.78, 5) is 33.0. The van der Waals surface area contributed by atoms with Crippen molar-refractivity contribution in [3.8, 4) is 0 Å². The van der Waals surface area contributed by atoms with Gasteiger partial charge in [0.1, 0.15) is 10.9 Å². The zero-order chi connectivity index (χ0) is 15.3. The summed E-state index contributed by atoms with van der Waals surface area (Å²) in [5.74, 6) is -1.44. The van der Waals surface area contributed by atoms with Crippen molar-refractivity contribution in [2.24, 2.45) is 0 Å². The van der Waals surface area contributed by atoms with Crippen LogP contribution in [0.25, 0.3) is 0 Å². The van der Waals surface area contributed by atoms with Gasteiger partial charge in [-0.15, -0.1) is 11.6 Å². The quantitative estimate of drug-likeness (QED) is 0.386. The standard InChI is InChI=1S/C11H10Cl2N2O5/c1-20-11(17)8(13)5-14-10(16)7-3-2-6(12)4-9(7)15(18)19/h2-4,8H,5H2,1H3,(H,14,16). The van der Waals surface area contributed by atoms with Crippen LogP contribution in [0.2, 0.25) is 5.02 Å². The lowest BCUT2D eigenvalue weighted by molar-refractivity contribution is -0.385. The molecule has 1 amide bonds. The first-order valence-electron chi connectivity index (χ1n) is 5.31. The number of alkyl halides is 1. The number of methoxy groups -OCH3 is 1. The molecule has 0 aromatic heterocycles. The van der Waals surface area contributed by atoms with Crippen LogP contribution in [0.15, 0.2) is 18.2 Å². The summed E-state index contributed by atoms with van der Waals surface area (Å²) in [7, 11) is 1.16. The molecule has 1 aromatic carbocycles. The summed E-state index contributed by atoms with van der Waals surface area (Å²) in [6, 6.07) is 3.63. The molecule has 9 heteroatoms. The van der Waals surface area contributed by atoms with Gasteiger partial charge < -0.3 is 10.1 Å². The van der Waals surface area contributed by atoms with E-state index in [1.807, 2.05) is 0 Å². The van der Waals surface area contributed by atoms with Gasteiger partial charge in [0.15, 0.2) is 0 Å². The molecule has 0 aliphatic carbocycles. The van der Waals surface area contributed by atoms with Crippen LogP contribution in [-0.2, 0) is 9.53 Å². The molecule has 1 unspecified atom stereocenters. The van der Waals surface area contributed by atoms with E-state index in [4.69, 9.17) is 23.2 Å². The number of carbonyl (C=O) groups excluding carboxylic acids is 2. The molecular formula is C11H10Cl2N2O5. The van der Waals surface area contributed by atoms with Crippen molar-refractivity contribution in [2.75, 3.05) is 13.7 Å². The van der Waals surface area contributed by atoms with Crippen LogP contribution in [0, 0.1) is 10.1 Å². The average molecular weight is 321 g/mol. The molecule has 1 aromatic rings. The number of amides is 1. The van der Waals surface area contributed by atoms with Crippen molar-refractivity contribution in [1.29, 1.82) is 0 Å². The minimum atomic E-state index is -1.07. The second kappa shape index (κ2) is 7.06. The second-order valence-electron chi connectivity index (χ2n) is 3.62. The van der Waals surface area contributed by atoms with E-state index in [0.717, 1.165) is 13.2 Å². The van der Waals surface area contributed by atoms with E-state index in [-0.39, 0.29) is 17.1 Å². The van der Waals surface area contributed by atoms with Gasteiger partial charge in [-0.2, -0.15) is 0 Å². The molecule has 0 heterocycles. The van der Waals surface area contributed by atoms with Crippen molar-refractivity contribution in [1.82, 2.24) is 5.32 Å². The molecule has 1 rings (SSSR count). The third-order valence-electron chi connectivity index (χ3n) is 2.30. The summed E-state index contributed by atoms with van der Waals surface area (Å²) in [5.41, 5.74) is -0.604. The molecule has 0 radical (unpaired) electrons. The Hall–Kier alpha value is -1.86. The van der Waals surface area contributed by atoms with Gasteiger partial charge in [0.25, 0.3) is 11.6 Å². The number of hydrogen-bond acceptors (Lipinski definition) is 5. The largest absolute Gasteiger partial charge is 0.468 e. The lowest BCUT2D eigenvalue weighted by atomic mass is 10.1. The maximum Gasteiger partial charge on any atom is 0.325 e. The van der Waals surface area contributed by atoms with Gasteiger partial charge in [-0.05, 0) is 12.1 Å². The van der Waals surface area contributed by atoms with Crippen LogP contribution < -0.4 is 5.32 Å². The number of benzene rings is 1. The highest BCUT2D eigenvalue weighted by atomic mass is 35.5. The van der Waals surface area contributed by atoms with Crippen molar-refractivity contribution in [3.05, 3.63) is 38.9 Å². The number of nitro benzene ring substituents is 1. The van der Waals surface area contributed by atoms with Crippen molar-refractivity contribution in [3.63, 3.8) is 0 Å². The van der Waals surface area contributed by atoms with Crippen molar-refractivity contribution < 1.29 is 19.2 Å². The number of ether oxygens (including phenoxy) is 1. The minimum absolute atomic E-state index is 0.137. The molecule has 0 saturated carbocycles. The lowest BCUT2D eigenvalue weighted by Gasteiger charge is -2.09. The van der Waals surface area contributed by atoms with Gasteiger partial charge in [0.2, 0.25) is 0 Å². The summed E-state index contributed by atoms with van der Waals surface area (Å²) >= 11 is 11.3. The molecule has 0 aliphatic heterocycles. The number of rotatable bonds is 5. The van der Waals surface area contributed by atoms with Crippen LogP contribution in [0.1, 0.15) is 10.4 Å². The molecule has 0 fully saturated rings. The fraction of sp³-hybridized carbons (Fsp3) is 0.273. The van der Waals surface area contributed by atoms with E-state index in [0.29, 0.717) is 0 Å². The van der Waals surface area contributed by atoms with Crippen LogP contribution in [0.4, 0.5) is 5.69 Å². The van der Waals surface area contributed by atoms with E-state index in [1.165, 1.54) is 12.1 Å². The Kier molecular flexibility index (Phi) is 5.72. The highest BCUT2D eigenvalue weighted by molar-refractivity contribution is 6.31. The van der Waals surface area contributed by atoms with E-state index >= 15 is 0 Å².